The predicted molar refractivity (Wildman–Crippen MR) is 57.2 cm³/mol. The van der Waals surface area contributed by atoms with Gasteiger partial charge in [0.1, 0.15) is 0 Å². The first kappa shape index (κ1) is 8.23. The van der Waals surface area contributed by atoms with Gasteiger partial charge < -0.3 is 16.0 Å². The number of hydrogen-bond donors (Lipinski definition) is 2. The van der Waals surface area contributed by atoms with Crippen LogP contribution < -0.4 is 16.0 Å². The van der Waals surface area contributed by atoms with E-state index in [1.54, 1.807) is 0 Å². The van der Waals surface area contributed by atoms with Crippen molar-refractivity contribution in [3.63, 3.8) is 0 Å². The van der Waals surface area contributed by atoms with Crippen LogP contribution in [0.5, 0.6) is 0 Å². The fourth-order valence-corrected chi connectivity index (χ4v) is 1.92. The van der Waals surface area contributed by atoms with Crippen LogP contribution in [-0.2, 0) is 0 Å². The van der Waals surface area contributed by atoms with Crippen LogP contribution in [0.15, 0.2) is 18.2 Å². The van der Waals surface area contributed by atoms with E-state index in [0.29, 0.717) is 6.04 Å². The van der Waals surface area contributed by atoms with Gasteiger partial charge in [0.2, 0.25) is 0 Å². The normalized spacial score (nSPS) is 20.8. The Kier molecular flexibility index (Phi) is 1.79. The standard InChI is InChI=1S/C10H15N3/c1-7-6-13(2)10-8(11)4-3-5-9(10)12-7/h3-5,7,12H,6,11H2,1-2H3. The third-order valence-electron chi connectivity index (χ3n) is 2.40. The monoisotopic (exact) mass is 177 g/mol. The summed E-state index contributed by atoms with van der Waals surface area (Å²) >= 11 is 0. The fourth-order valence-electron chi connectivity index (χ4n) is 1.92. The summed E-state index contributed by atoms with van der Waals surface area (Å²) in [5, 5.41) is 3.41. The van der Waals surface area contributed by atoms with Crippen molar-refractivity contribution >= 4 is 17.1 Å². The second-order valence-corrected chi connectivity index (χ2v) is 3.67. The van der Waals surface area contributed by atoms with Crippen molar-refractivity contribution in [2.45, 2.75) is 13.0 Å². The third kappa shape index (κ3) is 1.30. The van der Waals surface area contributed by atoms with Gasteiger partial charge in [0.15, 0.2) is 0 Å². The molecule has 13 heavy (non-hydrogen) atoms. The average Bonchev–Trinajstić information content (AvgIpc) is 2.02. The van der Waals surface area contributed by atoms with E-state index in [1.165, 1.54) is 0 Å². The lowest BCUT2D eigenvalue weighted by Gasteiger charge is -2.33. The maximum absolute atomic E-state index is 5.90. The Balaban J connectivity index is 2.49. The largest absolute Gasteiger partial charge is 0.397 e. The number of fused-ring (bicyclic) bond motifs is 1. The van der Waals surface area contributed by atoms with E-state index in [2.05, 4.69) is 30.3 Å². The quantitative estimate of drug-likeness (QED) is 0.590. The smallest absolute Gasteiger partial charge is 0.0833 e. The molecule has 3 N–H and O–H groups in total. The predicted octanol–water partition coefficient (Wildman–Crippen LogP) is 1.52. The van der Waals surface area contributed by atoms with Gasteiger partial charge in [0, 0.05) is 19.6 Å². The molecule has 70 valence electrons. The van der Waals surface area contributed by atoms with Gasteiger partial charge in [-0.05, 0) is 19.1 Å². The van der Waals surface area contributed by atoms with E-state index in [-0.39, 0.29) is 0 Å². The van der Waals surface area contributed by atoms with Gasteiger partial charge in [-0.25, -0.2) is 0 Å². The van der Waals surface area contributed by atoms with Crippen LogP contribution in [0.1, 0.15) is 6.92 Å². The molecule has 0 radical (unpaired) electrons. The van der Waals surface area contributed by atoms with Crippen molar-refractivity contribution < 1.29 is 0 Å². The molecular formula is C10H15N3. The minimum Gasteiger partial charge on any atom is -0.397 e. The molecule has 1 aromatic rings. The molecule has 0 saturated heterocycles. The zero-order valence-electron chi connectivity index (χ0n) is 8.04. The molecule has 0 fully saturated rings. The van der Waals surface area contributed by atoms with Crippen LogP contribution >= 0.6 is 0 Å². The van der Waals surface area contributed by atoms with Crippen molar-refractivity contribution in [1.82, 2.24) is 0 Å². The highest BCUT2D eigenvalue weighted by molar-refractivity contribution is 5.83. The highest BCUT2D eigenvalue weighted by Crippen LogP contribution is 2.34. The third-order valence-corrected chi connectivity index (χ3v) is 2.40. The van der Waals surface area contributed by atoms with Gasteiger partial charge in [0.05, 0.1) is 17.1 Å². The average molecular weight is 177 g/mol. The fraction of sp³-hybridized carbons (Fsp3) is 0.400. The lowest BCUT2D eigenvalue weighted by Crippen LogP contribution is -2.37. The molecule has 0 amide bonds. The van der Waals surface area contributed by atoms with Crippen molar-refractivity contribution in [1.29, 1.82) is 0 Å². The molecule has 1 aliphatic rings. The van der Waals surface area contributed by atoms with Crippen molar-refractivity contribution in [3.8, 4) is 0 Å². The zero-order valence-corrected chi connectivity index (χ0v) is 8.04. The lowest BCUT2D eigenvalue weighted by atomic mass is 10.1. The molecule has 2 rings (SSSR count). The van der Waals surface area contributed by atoms with Gasteiger partial charge in [-0.1, -0.05) is 6.07 Å². The number of hydrogen-bond acceptors (Lipinski definition) is 3. The molecule has 1 aromatic carbocycles. The SMILES string of the molecule is CC1CN(C)c2c(N)cccc2N1. The number of nitrogen functional groups attached to an aromatic ring is 1. The molecule has 0 aliphatic carbocycles. The summed E-state index contributed by atoms with van der Waals surface area (Å²) in [7, 11) is 2.08. The number of benzene rings is 1. The Hall–Kier alpha value is -1.38. The number of nitrogens with one attached hydrogen (secondary N) is 1. The molecule has 3 heteroatoms. The van der Waals surface area contributed by atoms with Crippen LogP contribution in [0.4, 0.5) is 17.1 Å². The van der Waals surface area contributed by atoms with Crippen LogP contribution in [-0.4, -0.2) is 19.6 Å². The summed E-state index contributed by atoms with van der Waals surface area (Å²) in [6.45, 7) is 3.17. The minimum absolute atomic E-state index is 0.485. The summed E-state index contributed by atoms with van der Waals surface area (Å²) in [5.41, 5.74) is 9.01. The zero-order chi connectivity index (χ0) is 9.42. The summed E-state index contributed by atoms with van der Waals surface area (Å²) in [4.78, 5) is 2.20. The number of nitrogens with two attached hydrogens (primary N) is 1. The summed E-state index contributed by atoms with van der Waals surface area (Å²) < 4.78 is 0. The van der Waals surface area contributed by atoms with E-state index >= 15 is 0 Å². The topological polar surface area (TPSA) is 41.3 Å². The van der Waals surface area contributed by atoms with Gasteiger partial charge in [-0.3, -0.25) is 0 Å². The van der Waals surface area contributed by atoms with Crippen LogP contribution in [0, 0.1) is 0 Å². The highest BCUT2D eigenvalue weighted by atomic mass is 15.2. The Labute approximate surface area is 78.5 Å². The van der Waals surface area contributed by atoms with Gasteiger partial charge in [0.25, 0.3) is 0 Å². The maximum atomic E-state index is 5.90. The first-order valence-corrected chi connectivity index (χ1v) is 4.54. The molecular weight excluding hydrogens is 162 g/mol. The Morgan fingerprint density at radius 1 is 1.54 bits per heavy atom. The van der Waals surface area contributed by atoms with Crippen LogP contribution in [0.3, 0.4) is 0 Å². The van der Waals surface area contributed by atoms with E-state index < -0.39 is 0 Å². The van der Waals surface area contributed by atoms with E-state index in [9.17, 15) is 0 Å². The summed E-state index contributed by atoms with van der Waals surface area (Å²) in [6.07, 6.45) is 0. The molecule has 3 nitrogen and oxygen atoms in total. The second-order valence-electron chi connectivity index (χ2n) is 3.67. The van der Waals surface area contributed by atoms with Crippen LogP contribution in [0.2, 0.25) is 0 Å². The van der Waals surface area contributed by atoms with Gasteiger partial charge >= 0.3 is 0 Å². The number of para-hydroxylation sites is 1. The van der Waals surface area contributed by atoms with Gasteiger partial charge in [-0.15, -0.1) is 0 Å². The molecule has 0 aromatic heterocycles. The van der Waals surface area contributed by atoms with E-state index in [0.717, 1.165) is 23.6 Å². The Morgan fingerprint density at radius 2 is 2.31 bits per heavy atom. The van der Waals surface area contributed by atoms with E-state index in [4.69, 9.17) is 5.73 Å². The Morgan fingerprint density at radius 3 is 3.08 bits per heavy atom. The molecule has 1 heterocycles. The van der Waals surface area contributed by atoms with E-state index in [1.807, 2.05) is 12.1 Å². The first-order chi connectivity index (χ1) is 6.18. The van der Waals surface area contributed by atoms with Crippen molar-refractivity contribution in [2.75, 3.05) is 29.5 Å². The summed E-state index contributed by atoms with van der Waals surface area (Å²) in [5.74, 6) is 0. The molecule has 0 bridgehead atoms. The maximum Gasteiger partial charge on any atom is 0.0833 e. The lowest BCUT2D eigenvalue weighted by molar-refractivity contribution is 0.739. The molecule has 1 atom stereocenters. The van der Waals surface area contributed by atoms with Crippen LogP contribution in [0.25, 0.3) is 0 Å². The van der Waals surface area contributed by atoms with Crippen molar-refractivity contribution in [2.24, 2.45) is 0 Å². The highest BCUT2D eigenvalue weighted by Gasteiger charge is 2.19. The minimum atomic E-state index is 0.485. The molecule has 0 spiro atoms. The first-order valence-electron chi connectivity index (χ1n) is 4.54. The van der Waals surface area contributed by atoms with Gasteiger partial charge in [-0.2, -0.15) is 0 Å². The van der Waals surface area contributed by atoms with Crippen molar-refractivity contribution in [3.05, 3.63) is 18.2 Å². The Bertz CT molecular complexity index is 322. The summed E-state index contributed by atoms with van der Waals surface area (Å²) in [6, 6.07) is 6.47. The second kappa shape index (κ2) is 2.83. The number of likely N-dealkylation sites (N-methyl/N-ethyl adjacent to an activating group) is 1. The molecule has 0 saturated carbocycles. The number of anilines is 3. The molecule has 1 aliphatic heterocycles. The number of rotatable bonds is 0. The molecule has 1 unspecified atom stereocenters. The number of nitrogens with zero attached hydrogens (tertiary/aromatic N) is 1.